The number of nitrogens with zero attached hydrogens (tertiary/aromatic N) is 3. The summed E-state index contributed by atoms with van der Waals surface area (Å²) in [5, 5.41) is 9.10. The molecular formula is C14H25N3O3. The van der Waals surface area contributed by atoms with Crippen LogP contribution in [-0.2, 0) is 4.79 Å². The van der Waals surface area contributed by atoms with Gasteiger partial charge in [-0.25, -0.2) is 4.79 Å². The van der Waals surface area contributed by atoms with Crippen molar-refractivity contribution in [2.24, 2.45) is 5.92 Å². The third-order valence-corrected chi connectivity index (χ3v) is 4.56. The Labute approximate surface area is 120 Å². The topological polar surface area (TPSA) is 64.1 Å². The second-order valence-electron chi connectivity index (χ2n) is 5.89. The molecule has 0 bridgehead atoms. The molecule has 0 aromatic carbocycles. The van der Waals surface area contributed by atoms with Gasteiger partial charge >= 0.3 is 12.0 Å². The first-order valence-corrected chi connectivity index (χ1v) is 7.49. The van der Waals surface area contributed by atoms with Gasteiger partial charge in [0.2, 0.25) is 0 Å². The van der Waals surface area contributed by atoms with Crippen molar-refractivity contribution in [2.45, 2.75) is 32.2 Å². The molecule has 2 atom stereocenters. The van der Waals surface area contributed by atoms with Crippen molar-refractivity contribution < 1.29 is 14.7 Å². The van der Waals surface area contributed by atoms with E-state index in [1.807, 2.05) is 4.90 Å². The number of likely N-dealkylation sites (N-methyl/N-ethyl adjacent to an activating group) is 1. The van der Waals surface area contributed by atoms with Crippen LogP contribution in [0.2, 0.25) is 0 Å². The van der Waals surface area contributed by atoms with Crippen molar-refractivity contribution in [2.75, 3.05) is 39.8 Å². The molecule has 6 heteroatoms. The number of amides is 2. The van der Waals surface area contributed by atoms with E-state index in [1.165, 1.54) is 0 Å². The SMILES string of the molecule is CCC1CN(C(=O)N2CCC[C@H](C(=O)O)C2)CCN1C. The largest absolute Gasteiger partial charge is 0.481 e. The number of hydrogen-bond donors (Lipinski definition) is 1. The normalized spacial score (nSPS) is 28.5. The number of piperazine rings is 1. The highest BCUT2D eigenvalue weighted by Crippen LogP contribution is 2.19. The number of piperidine rings is 1. The highest BCUT2D eigenvalue weighted by atomic mass is 16.4. The van der Waals surface area contributed by atoms with Crippen LogP contribution in [0.3, 0.4) is 0 Å². The van der Waals surface area contributed by atoms with Crippen LogP contribution in [0.1, 0.15) is 26.2 Å². The quantitative estimate of drug-likeness (QED) is 0.819. The average Bonchev–Trinajstić information content (AvgIpc) is 2.47. The molecule has 0 radical (unpaired) electrons. The molecule has 0 aromatic heterocycles. The van der Waals surface area contributed by atoms with Crippen molar-refractivity contribution >= 4 is 12.0 Å². The first kappa shape index (κ1) is 15.1. The van der Waals surface area contributed by atoms with Gasteiger partial charge in [-0.05, 0) is 26.3 Å². The number of aliphatic carboxylic acids is 1. The fraction of sp³-hybridized carbons (Fsp3) is 0.857. The fourth-order valence-corrected chi connectivity index (χ4v) is 3.11. The summed E-state index contributed by atoms with van der Waals surface area (Å²) in [6.45, 7) is 5.56. The standard InChI is InChI=1S/C14H25N3O3/c1-3-12-10-17(8-7-15(12)2)14(20)16-6-4-5-11(9-16)13(18)19/h11-12H,3-10H2,1-2H3,(H,18,19)/t11-,12?/m0/s1. The van der Waals surface area contributed by atoms with Crippen molar-refractivity contribution in [1.82, 2.24) is 14.7 Å². The zero-order chi connectivity index (χ0) is 14.7. The van der Waals surface area contributed by atoms with Crippen molar-refractivity contribution in [1.29, 1.82) is 0 Å². The van der Waals surface area contributed by atoms with Crippen molar-refractivity contribution in [3.63, 3.8) is 0 Å². The van der Waals surface area contributed by atoms with E-state index in [1.54, 1.807) is 4.90 Å². The maximum absolute atomic E-state index is 12.5. The summed E-state index contributed by atoms with van der Waals surface area (Å²) in [6, 6.07) is 0.426. The van der Waals surface area contributed by atoms with Crippen LogP contribution in [0, 0.1) is 5.92 Å². The lowest BCUT2D eigenvalue weighted by Crippen LogP contribution is -2.57. The van der Waals surface area contributed by atoms with Crippen LogP contribution < -0.4 is 0 Å². The molecule has 6 nitrogen and oxygen atoms in total. The van der Waals surface area contributed by atoms with Gasteiger partial charge in [0.15, 0.2) is 0 Å². The van der Waals surface area contributed by atoms with Gasteiger partial charge in [-0.2, -0.15) is 0 Å². The second-order valence-corrected chi connectivity index (χ2v) is 5.89. The molecule has 2 amide bonds. The number of carbonyl (C=O) groups is 2. The zero-order valence-corrected chi connectivity index (χ0v) is 12.4. The van der Waals surface area contributed by atoms with Crippen LogP contribution in [0.25, 0.3) is 0 Å². The molecule has 114 valence electrons. The lowest BCUT2D eigenvalue weighted by atomic mass is 9.98. The smallest absolute Gasteiger partial charge is 0.320 e. The molecule has 2 aliphatic rings. The number of carboxylic acids is 1. The van der Waals surface area contributed by atoms with Crippen LogP contribution in [-0.4, -0.2) is 77.6 Å². The Balaban J connectivity index is 1.95. The minimum atomic E-state index is -0.785. The third-order valence-electron chi connectivity index (χ3n) is 4.56. The molecule has 2 aliphatic heterocycles. The highest BCUT2D eigenvalue weighted by Gasteiger charge is 2.33. The fourth-order valence-electron chi connectivity index (χ4n) is 3.11. The van der Waals surface area contributed by atoms with E-state index < -0.39 is 11.9 Å². The molecule has 0 aliphatic carbocycles. The van der Waals surface area contributed by atoms with Gasteiger partial charge in [0.25, 0.3) is 0 Å². The van der Waals surface area contributed by atoms with Crippen LogP contribution in [0.15, 0.2) is 0 Å². The van der Waals surface area contributed by atoms with Gasteiger partial charge in [-0.1, -0.05) is 6.92 Å². The van der Waals surface area contributed by atoms with E-state index in [4.69, 9.17) is 5.11 Å². The molecule has 2 fully saturated rings. The van der Waals surface area contributed by atoms with Gasteiger partial charge in [0.05, 0.1) is 5.92 Å². The van der Waals surface area contributed by atoms with Crippen molar-refractivity contribution in [3.05, 3.63) is 0 Å². The van der Waals surface area contributed by atoms with Crippen LogP contribution in [0.5, 0.6) is 0 Å². The summed E-state index contributed by atoms with van der Waals surface area (Å²) in [7, 11) is 2.09. The Kier molecular flexibility index (Phi) is 4.86. The van der Waals surface area contributed by atoms with Crippen LogP contribution in [0.4, 0.5) is 4.79 Å². The number of urea groups is 1. The summed E-state index contributed by atoms with van der Waals surface area (Å²) in [5.41, 5.74) is 0. The predicted molar refractivity (Wildman–Crippen MR) is 75.6 cm³/mol. The number of carbonyl (C=O) groups excluding carboxylic acids is 1. The number of rotatable bonds is 2. The number of hydrogen-bond acceptors (Lipinski definition) is 3. The first-order chi connectivity index (χ1) is 9.52. The lowest BCUT2D eigenvalue weighted by molar-refractivity contribution is -0.143. The van der Waals surface area contributed by atoms with Gasteiger partial charge < -0.3 is 14.9 Å². The van der Waals surface area contributed by atoms with E-state index in [0.29, 0.717) is 25.6 Å². The van der Waals surface area contributed by atoms with E-state index in [9.17, 15) is 9.59 Å². The molecule has 2 rings (SSSR count). The Morgan fingerprint density at radius 3 is 2.50 bits per heavy atom. The van der Waals surface area contributed by atoms with E-state index in [2.05, 4.69) is 18.9 Å². The minimum Gasteiger partial charge on any atom is -0.481 e. The molecule has 0 aromatic rings. The average molecular weight is 283 g/mol. The summed E-state index contributed by atoms with van der Waals surface area (Å²) in [6.07, 6.45) is 2.49. The second kappa shape index (κ2) is 6.43. The Morgan fingerprint density at radius 2 is 1.85 bits per heavy atom. The van der Waals surface area contributed by atoms with Crippen LogP contribution >= 0.6 is 0 Å². The number of carboxylic acid groups (broad SMARTS) is 1. The van der Waals surface area contributed by atoms with Gasteiger partial charge in [0.1, 0.15) is 0 Å². The Hall–Kier alpha value is -1.30. The Morgan fingerprint density at radius 1 is 1.15 bits per heavy atom. The number of likely N-dealkylation sites (tertiary alicyclic amines) is 1. The summed E-state index contributed by atoms with van der Waals surface area (Å²) >= 11 is 0. The van der Waals surface area contributed by atoms with E-state index in [0.717, 1.165) is 32.5 Å². The molecule has 2 heterocycles. The monoisotopic (exact) mass is 283 g/mol. The third kappa shape index (κ3) is 3.23. The summed E-state index contributed by atoms with van der Waals surface area (Å²) in [5.74, 6) is -1.19. The maximum atomic E-state index is 12.5. The Bertz CT molecular complexity index is 375. The van der Waals surface area contributed by atoms with Gasteiger partial charge in [0, 0.05) is 38.8 Å². The van der Waals surface area contributed by atoms with E-state index in [-0.39, 0.29) is 6.03 Å². The summed E-state index contributed by atoms with van der Waals surface area (Å²) < 4.78 is 0. The molecule has 1 unspecified atom stereocenters. The maximum Gasteiger partial charge on any atom is 0.320 e. The summed E-state index contributed by atoms with van der Waals surface area (Å²) in [4.78, 5) is 29.5. The molecule has 2 saturated heterocycles. The molecular weight excluding hydrogens is 258 g/mol. The lowest BCUT2D eigenvalue weighted by Gasteiger charge is -2.42. The first-order valence-electron chi connectivity index (χ1n) is 7.49. The molecule has 0 spiro atoms. The van der Waals surface area contributed by atoms with Gasteiger partial charge in [-0.3, -0.25) is 9.69 Å². The zero-order valence-electron chi connectivity index (χ0n) is 12.4. The van der Waals surface area contributed by atoms with E-state index >= 15 is 0 Å². The van der Waals surface area contributed by atoms with Gasteiger partial charge in [-0.15, -0.1) is 0 Å². The molecule has 0 saturated carbocycles. The molecule has 20 heavy (non-hydrogen) atoms. The van der Waals surface area contributed by atoms with Crippen molar-refractivity contribution in [3.8, 4) is 0 Å². The predicted octanol–water partition coefficient (Wildman–Crippen LogP) is 0.929. The minimum absolute atomic E-state index is 0.0162. The highest BCUT2D eigenvalue weighted by molar-refractivity contribution is 5.76. The molecule has 1 N–H and O–H groups in total.